The van der Waals surface area contributed by atoms with Gasteiger partial charge in [-0.1, -0.05) is 12.2 Å². The van der Waals surface area contributed by atoms with E-state index in [1.807, 2.05) is 0 Å². The van der Waals surface area contributed by atoms with E-state index in [1.54, 1.807) is 7.11 Å². The molecule has 1 rings (SSSR count). The second-order valence-corrected chi connectivity index (χ2v) is 4.90. The third-order valence-electron chi connectivity index (χ3n) is 2.79. The lowest BCUT2D eigenvalue weighted by molar-refractivity contribution is 0.150. The van der Waals surface area contributed by atoms with Crippen molar-refractivity contribution in [3.8, 4) is 0 Å². The molecule has 0 amide bonds. The first-order chi connectivity index (χ1) is 6.58. The predicted octanol–water partition coefficient (Wildman–Crippen LogP) is 1.02. The van der Waals surface area contributed by atoms with Crippen LogP contribution in [0.25, 0.3) is 0 Å². The first-order valence-electron chi connectivity index (χ1n) is 5.04. The molecule has 0 atom stereocenters. The van der Waals surface area contributed by atoms with Gasteiger partial charge in [-0.3, -0.25) is 0 Å². The Morgan fingerprint density at radius 3 is 2.64 bits per heavy atom. The highest BCUT2D eigenvalue weighted by Crippen LogP contribution is 2.49. The normalized spacial score (nSPS) is 18.5. The molecule has 0 aromatic heterocycles. The summed E-state index contributed by atoms with van der Waals surface area (Å²) in [5, 5.41) is 0. The van der Waals surface area contributed by atoms with Crippen LogP contribution in [0, 0.1) is 5.41 Å². The molecule has 3 nitrogen and oxygen atoms in total. The number of hydrogen-bond donors (Lipinski definition) is 1. The molecule has 0 saturated heterocycles. The molecule has 0 spiro atoms. The number of ether oxygens (including phenoxy) is 1. The van der Waals surface area contributed by atoms with Crippen molar-refractivity contribution in [3.05, 3.63) is 0 Å². The Morgan fingerprint density at radius 1 is 1.57 bits per heavy atom. The van der Waals surface area contributed by atoms with Crippen molar-refractivity contribution in [2.24, 2.45) is 11.1 Å². The van der Waals surface area contributed by atoms with E-state index in [0.29, 0.717) is 10.4 Å². The predicted molar refractivity (Wildman–Crippen MR) is 62.4 cm³/mol. The van der Waals surface area contributed by atoms with Gasteiger partial charge in [0.15, 0.2) is 0 Å². The highest BCUT2D eigenvalue weighted by atomic mass is 32.1. The van der Waals surface area contributed by atoms with Gasteiger partial charge in [-0.05, 0) is 25.3 Å². The van der Waals surface area contributed by atoms with Gasteiger partial charge in [-0.25, -0.2) is 0 Å². The summed E-state index contributed by atoms with van der Waals surface area (Å²) in [6, 6.07) is 0. The fourth-order valence-corrected chi connectivity index (χ4v) is 2.14. The Balaban J connectivity index is 2.25. The molecule has 0 aliphatic heterocycles. The van der Waals surface area contributed by atoms with Gasteiger partial charge < -0.3 is 15.4 Å². The number of nitrogens with two attached hydrogens (primary N) is 1. The van der Waals surface area contributed by atoms with Gasteiger partial charge in [-0.2, -0.15) is 0 Å². The maximum Gasteiger partial charge on any atom is 0.0733 e. The Labute approximate surface area is 91.6 Å². The van der Waals surface area contributed by atoms with E-state index in [1.165, 1.54) is 12.8 Å². The van der Waals surface area contributed by atoms with Gasteiger partial charge in [0.05, 0.1) is 11.6 Å². The number of nitrogens with zero attached hydrogens (tertiary/aromatic N) is 1. The fraction of sp³-hybridized carbons (Fsp3) is 0.900. The van der Waals surface area contributed by atoms with Crippen LogP contribution in [0.15, 0.2) is 0 Å². The van der Waals surface area contributed by atoms with Crippen molar-refractivity contribution < 1.29 is 4.74 Å². The summed E-state index contributed by atoms with van der Waals surface area (Å²) in [7, 11) is 3.86. The molecule has 1 saturated carbocycles. The minimum absolute atomic E-state index is 0.397. The third kappa shape index (κ3) is 3.90. The average molecular weight is 216 g/mol. The zero-order valence-electron chi connectivity index (χ0n) is 9.08. The van der Waals surface area contributed by atoms with Gasteiger partial charge in [0, 0.05) is 26.6 Å². The molecule has 1 aliphatic rings. The van der Waals surface area contributed by atoms with Crippen LogP contribution in [-0.2, 0) is 4.74 Å². The Bertz CT molecular complexity index is 204. The second-order valence-electron chi connectivity index (χ2n) is 4.37. The van der Waals surface area contributed by atoms with Gasteiger partial charge in [0.1, 0.15) is 0 Å². The first kappa shape index (κ1) is 11.9. The summed E-state index contributed by atoms with van der Waals surface area (Å²) in [6.07, 6.45) is 3.43. The highest BCUT2D eigenvalue weighted by Gasteiger charge is 2.43. The van der Waals surface area contributed by atoms with E-state index in [0.717, 1.165) is 26.1 Å². The Morgan fingerprint density at radius 2 is 2.21 bits per heavy atom. The third-order valence-corrected chi connectivity index (χ3v) is 2.93. The van der Waals surface area contributed by atoms with E-state index in [4.69, 9.17) is 22.7 Å². The number of rotatable bonds is 7. The standard InChI is InChI=1S/C10H20N2OS/c1-12(5-6-13-2)8-10(3-4-10)7-9(11)14/h3-8H2,1-2H3,(H2,11,14). The average Bonchev–Trinajstić information content (AvgIpc) is 2.80. The van der Waals surface area contributed by atoms with E-state index >= 15 is 0 Å². The van der Waals surface area contributed by atoms with E-state index in [2.05, 4.69) is 11.9 Å². The minimum Gasteiger partial charge on any atom is -0.393 e. The lowest BCUT2D eigenvalue weighted by Crippen LogP contribution is -2.31. The van der Waals surface area contributed by atoms with Crippen molar-refractivity contribution in [2.75, 3.05) is 33.9 Å². The van der Waals surface area contributed by atoms with Crippen LogP contribution in [-0.4, -0.2) is 43.7 Å². The van der Waals surface area contributed by atoms with E-state index in [9.17, 15) is 0 Å². The molecule has 2 N–H and O–H groups in total. The van der Waals surface area contributed by atoms with E-state index < -0.39 is 0 Å². The summed E-state index contributed by atoms with van der Waals surface area (Å²) in [5.41, 5.74) is 5.98. The van der Waals surface area contributed by atoms with Crippen molar-refractivity contribution in [2.45, 2.75) is 19.3 Å². The van der Waals surface area contributed by atoms with Crippen LogP contribution >= 0.6 is 12.2 Å². The summed E-state index contributed by atoms with van der Waals surface area (Å²) in [4.78, 5) is 2.96. The van der Waals surface area contributed by atoms with Crippen LogP contribution in [0.5, 0.6) is 0 Å². The number of thiocarbonyl (C=S) groups is 1. The molecule has 0 aromatic carbocycles. The molecular weight excluding hydrogens is 196 g/mol. The maximum absolute atomic E-state index is 5.58. The minimum atomic E-state index is 0.397. The van der Waals surface area contributed by atoms with Gasteiger partial charge in [0.25, 0.3) is 0 Å². The highest BCUT2D eigenvalue weighted by molar-refractivity contribution is 7.80. The molecule has 1 fully saturated rings. The Kier molecular flexibility index (Phi) is 4.29. The van der Waals surface area contributed by atoms with Crippen LogP contribution in [0.4, 0.5) is 0 Å². The number of hydrogen-bond acceptors (Lipinski definition) is 3. The summed E-state index contributed by atoms with van der Waals surface area (Å²) in [6.45, 7) is 2.86. The SMILES string of the molecule is COCCN(C)CC1(CC(N)=S)CC1. The zero-order chi connectivity index (χ0) is 10.6. The quantitative estimate of drug-likeness (QED) is 0.645. The molecule has 14 heavy (non-hydrogen) atoms. The first-order valence-corrected chi connectivity index (χ1v) is 5.45. The number of methoxy groups -OCH3 is 1. The largest absolute Gasteiger partial charge is 0.393 e. The summed E-state index contributed by atoms with van der Waals surface area (Å²) in [5.74, 6) is 0. The molecule has 1 aliphatic carbocycles. The molecule has 0 aromatic rings. The van der Waals surface area contributed by atoms with Gasteiger partial charge in [-0.15, -0.1) is 0 Å². The van der Waals surface area contributed by atoms with Crippen LogP contribution in [0.3, 0.4) is 0 Å². The zero-order valence-corrected chi connectivity index (χ0v) is 9.90. The fourth-order valence-electron chi connectivity index (χ4n) is 1.84. The second kappa shape index (κ2) is 5.05. The number of likely N-dealkylation sites (N-methyl/N-ethyl adjacent to an activating group) is 1. The molecular formula is C10H20N2OS. The van der Waals surface area contributed by atoms with Gasteiger partial charge >= 0.3 is 0 Å². The van der Waals surface area contributed by atoms with Crippen molar-refractivity contribution in [1.29, 1.82) is 0 Å². The molecule has 0 heterocycles. The molecule has 0 unspecified atom stereocenters. The van der Waals surface area contributed by atoms with Crippen LogP contribution in [0.1, 0.15) is 19.3 Å². The molecule has 0 radical (unpaired) electrons. The lowest BCUT2D eigenvalue weighted by atomic mass is 10.0. The molecule has 4 heteroatoms. The van der Waals surface area contributed by atoms with Crippen LogP contribution in [0.2, 0.25) is 0 Å². The topological polar surface area (TPSA) is 38.5 Å². The van der Waals surface area contributed by atoms with Crippen molar-refractivity contribution in [1.82, 2.24) is 4.90 Å². The van der Waals surface area contributed by atoms with Crippen LogP contribution < -0.4 is 5.73 Å². The molecule has 82 valence electrons. The van der Waals surface area contributed by atoms with Crippen molar-refractivity contribution in [3.63, 3.8) is 0 Å². The molecule has 0 bridgehead atoms. The van der Waals surface area contributed by atoms with Gasteiger partial charge in [0.2, 0.25) is 0 Å². The lowest BCUT2D eigenvalue weighted by Gasteiger charge is -2.22. The smallest absolute Gasteiger partial charge is 0.0733 e. The summed E-state index contributed by atoms with van der Waals surface area (Å²) >= 11 is 4.96. The summed E-state index contributed by atoms with van der Waals surface area (Å²) < 4.78 is 5.04. The van der Waals surface area contributed by atoms with E-state index in [-0.39, 0.29) is 0 Å². The van der Waals surface area contributed by atoms with Crippen molar-refractivity contribution >= 4 is 17.2 Å². The Hall–Kier alpha value is -0.190. The monoisotopic (exact) mass is 216 g/mol. The maximum atomic E-state index is 5.58.